The van der Waals surface area contributed by atoms with Crippen molar-refractivity contribution in [2.24, 2.45) is 0 Å². The predicted molar refractivity (Wildman–Crippen MR) is 144 cm³/mol. The first kappa shape index (κ1) is 29.5. The van der Waals surface area contributed by atoms with Gasteiger partial charge in [-0.05, 0) is 0 Å². The van der Waals surface area contributed by atoms with Crippen molar-refractivity contribution in [3.8, 4) is 0 Å². The van der Waals surface area contributed by atoms with Crippen molar-refractivity contribution >= 4 is 26.7 Å². The maximum absolute atomic E-state index is 10.5. The molecule has 1 atom stereocenters. The Hall–Kier alpha value is 0.516. The fraction of sp³-hybridized carbons (Fsp3) is 0.926. The second-order valence-corrected chi connectivity index (χ2v) is 30.6. The number of hydrogen-bond donors (Lipinski definition) is 1. The fourth-order valence-corrected chi connectivity index (χ4v) is 25.5. The summed E-state index contributed by atoms with van der Waals surface area (Å²) >= 11 is -2.53. The molecule has 0 aromatic heterocycles. The summed E-state index contributed by atoms with van der Waals surface area (Å²) in [6, 6.07) is 0. The Morgan fingerprint density at radius 2 is 1.42 bits per heavy atom. The first-order chi connectivity index (χ1) is 14.6. The molecule has 0 bridgehead atoms. The molecule has 1 rings (SSSR count). The number of hydrogen-bond acceptors (Lipinski definition) is 2. The van der Waals surface area contributed by atoms with Crippen LogP contribution in [0.1, 0.15) is 112 Å². The first-order valence-electron chi connectivity index (χ1n) is 13.6. The van der Waals surface area contributed by atoms with Crippen LogP contribution in [0.25, 0.3) is 0 Å². The van der Waals surface area contributed by atoms with E-state index in [1.807, 2.05) is 0 Å². The van der Waals surface area contributed by atoms with E-state index in [9.17, 15) is 5.11 Å². The van der Waals surface area contributed by atoms with Gasteiger partial charge in [-0.15, -0.1) is 0 Å². The molecule has 0 spiro atoms. The molecule has 184 valence electrons. The van der Waals surface area contributed by atoms with Gasteiger partial charge in [0.1, 0.15) is 0 Å². The van der Waals surface area contributed by atoms with Crippen molar-refractivity contribution < 1.29 is 9.53 Å². The molecular formula is C27H56O2SiSn. The van der Waals surface area contributed by atoms with Crippen molar-refractivity contribution in [1.82, 2.24) is 0 Å². The number of aliphatic hydroxyl groups excluding tert-OH is 1. The Bertz CT molecular complexity index is 514. The summed E-state index contributed by atoms with van der Waals surface area (Å²) in [5.41, 5.74) is 1.28. The van der Waals surface area contributed by atoms with Gasteiger partial charge in [0.15, 0.2) is 0 Å². The van der Waals surface area contributed by atoms with E-state index in [0.717, 1.165) is 6.42 Å². The molecule has 1 N–H and O–H groups in total. The molecule has 0 heterocycles. The monoisotopic (exact) mass is 560 g/mol. The van der Waals surface area contributed by atoms with Gasteiger partial charge in [-0.3, -0.25) is 0 Å². The van der Waals surface area contributed by atoms with Crippen LogP contribution in [0.3, 0.4) is 0 Å². The van der Waals surface area contributed by atoms with Crippen molar-refractivity contribution in [2.75, 3.05) is 6.61 Å². The van der Waals surface area contributed by atoms with Crippen molar-refractivity contribution in [1.29, 1.82) is 0 Å². The van der Waals surface area contributed by atoms with Gasteiger partial charge in [0, 0.05) is 0 Å². The van der Waals surface area contributed by atoms with Crippen LogP contribution in [0, 0.1) is 0 Å². The SMILES string of the molecule is CCC[CH2][Sn]([CH2]CCC)([CH2]CCC)[CH]1CCCCC/C(CO)=C\1O[Si](C)(C)C(C)(C)C. The summed E-state index contributed by atoms with van der Waals surface area (Å²) in [7, 11) is -1.94. The Labute approximate surface area is 201 Å². The third-order valence-corrected chi connectivity index (χ3v) is 30.0. The van der Waals surface area contributed by atoms with Gasteiger partial charge >= 0.3 is 202 Å². The van der Waals surface area contributed by atoms with Crippen LogP contribution in [0.15, 0.2) is 11.3 Å². The van der Waals surface area contributed by atoms with Crippen LogP contribution < -0.4 is 0 Å². The van der Waals surface area contributed by atoms with E-state index in [2.05, 4.69) is 54.6 Å². The predicted octanol–water partition coefficient (Wildman–Crippen LogP) is 9.44. The molecule has 1 unspecified atom stereocenters. The summed E-state index contributed by atoms with van der Waals surface area (Å²) in [6.07, 6.45) is 14.5. The van der Waals surface area contributed by atoms with Gasteiger partial charge in [-0.1, -0.05) is 0 Å². The van der Waals surface area contributed by atoms with Crippen molar-refractivity contribution in [3.05, 3.63) is 11.3 Å². The van der Waals surface area contributed by atoms with Crippen LogP contribution in [-0.2, 0) is 4.43 Å². The molecule has 31 heavy (non-hydrogen) atoms. The van der Waals surface area contributed by atoms with E-state index < -0.39 is 26.7 Å². The van der Waals surface area contributed by atoms with Gasteiger partial charge in [-0.25, -0.2) is 0 Å². The summed E-state index contributed by atoms with van der Waals surface area (Å²) < 4.78 is 12.5. The van der Waals surface area contributed by atoms with Gasteiger partial charge < -0.3 is 0 Å². The molecule has 0 aromatic rings. The number of aliphatic hydroxyl groups is 1. The van der Waals surface area contributed by atoms with E-state index in [1.54, 1.807) is 0 Å². The van der Waals surface area contributed by atoms with Gasteiger partial charge in [0.25, 0.3) is 0 Å². The zero-order valence-electron chi connectivity index (χ0n) is 22.5. The molecule has 2 nitrogen and oxygen atoms in total. The molecule has 0 saturated carbocycles. The maximum atomic E-state index is 10.5. The molecule has 0 aliphatic heterocycles. The number of rotatable bonds is 13. The van der Waals surface area contributed by atoms with E-state index in [-0.39, 0.29) is 11.6 Å². The van der Waals surface area contributed by atoms with Gasteiger partial charge in [0.2, 0.25) is 0 Å². The Balaban J connectivity index is 3.58. The van der Waals surface area contributed by atoms with Crippen LogP contribution in [-0.4, -0.2) is 38.4 Å². The molecule has 0 aromatic carbocycles. The Morgan fingerprint density at radius 3 is 1.84 bits per heavy atom. The second kappa shape index (κ2) is 14.0. The summed E-state index contributed by atoms with van der Waals surface area (Å²) in [6.45, 7) is 19.2. The first-order valence-corrected chi connectivity index (χ1v) is 24.2. The quantitative estimate of drug-likeness (QED) is 0.228. The second-order valence-electron chi connectivity index (χ2n) is 11.8. The minimum atomic E-state index is -2.53. The molecule has 0 fully saturated rings. The Morgan fingerprint density at radius 1 is 0.903 bits per heavy atom. The van der Waals surface area contributed by atoms with E-state index in [1.165, 1.54) is 88.9 Å². The van der Waals surface area contributed by atoms with Crippen LogP contribution in [0.2, 0.25) is 35.4 Å². The molecule has 0 saturated heterocycles. The normalized spacial score (nSPS) is 21.6. The van der Waals surface area contributed by atoms with E-state index >= 15 is 0 Å². The van der Waals surface area contributed by atoms with E-state index in [4.69, 9.17) is 4.43 Å². The van der Waals surface area contributed by atoms with Gasteiger partial charge in [0.05, 0.1) is 0 Å². The minimum absolute atomic E-state index is 0.196. The summed E-state index contributed by atoms with van der Waals surface area (Å²) in [4.78, 5) is 0. The number of unbranched alkanes of at least 4 members (excludes halogenated alkanes) is 3. The molecule has 0 amide bonds. The number of allylic oxidation sites excluding steroid dienone is 1. The zero-order chi connectivity index (χ0) is 23.5. The zero-order valence-corrected chi connectivity index (χ0v) is 26.4. The van der Waals surface area contributed by atoms with Crippen molar-refractivity contribution in [3.63, 3.8) is 0 Å². The standard InChI is InChI=1S/C15H29O2Si.3C4H9.Sn/c1-15(2,3)18(4,5)17-14-11-9-7-6-8-10-13(14)12-16;3*1-3-4-2;/h11,16H,6-10,12H2,1-5H3;3*1,3-4H2,2H3;/b14-13-;;;;. The third-order valence-electron chi connectivity index (χ3n) is 8.32. The fourth-order valence-electron chi connectivity index (χ4n) is 5.16. The average molecular weight is 560 g/mol. The average Bonchev–Trinajstić information content (AvgIpc) is 2.70. The van der Waals surface area contributed by atoms with Crippen LogP contribution in [0.5, 0.6) is 0 Å². The summed E-state index contributed by atoms with van der Waals surface area (Å²) in [5, 5.41) is 10.7. The molecule has 1 aliphatic carbocycles. The van der Waals surface area contributed by atoms with E-state index in [0.29, 0.717) is 3.93 Å². The third kappa shape index (κ3) is 8.66. The molecule has 0 radical (unpaired) electrons. The molecule has 1 aliphatic rings. The van der Waals surface area contributed by atoms with Crippen LogP contribution in [0.4, 0.5) is 0 Å². The molecule has 4 heteroatoms. The Kier molecular flexibility index (Phi) is 13.4. The topological polar surface area (TPSA) is 29.5 Å². The van der Waals surface area contributed by atoms with Gasteiger partial charge in [-0.2, -0.15) is 0 Å². The van der Waals surface area contributed by atoms with Crippen molar-refractivity contribution in [2.45, 2.75) is 148 Å². The summed E-state index contributed by atoms with van der Waals surface area (Å²) in [5.74, 6) is 1.34. The molecular weight excluding hydrogens is 503 g/mol. The van der Waals surface area contributed by atoms with Crippen LogP contribution >= 0.6 is 0 Å².